The number of anilines is 1. The molecule has 2 atom stereocenters. The van der Waals surface area contributed by atoms with E-state index in [0.717, 1.165) is 41.7 Å². The average Bonchev–Trinajstić information content (AvgIpc) is 3.18. The minimum atomic E-state index is -0.195. The summed E-state index contributed by atoms with van der Waals surface area (Å²) in [4.78, 5) is 23.9. The maximum absolute atomic E-state index is 13.0. The predicted octanol–water partition coefficient (Wildman–Crippen LogP) is 3.48. The Balaban J connectivity index is 1.57. The molecule has 5 nitrogen and oxygen atoms in total. The van der Waals surface area contributed by atoms with Crippen LogP contribution in [0.15, 0.2) is 60.9 Å². The second-order valence-electron chi connectivity index (χ2n) is 6.71. The highest BCUT2D eigenvalue weighted by Crippen LogP contribution is 2.29. The van der Waals surface area contributed by atoms with Gasteiger partial charge in [-0.25, -0.2) is 9.97 Å². The van der Waals surface area contributed by atoms with E-state index in [9.17, 15) is 4.79 Å². The summed E-state index contributed by atoms with van der Waals surface area (Å²) < 4.78 is 0. The third-order valence-electron chi connectivity index (χ3n) is 5.01. The number of rotatable bonds is 4. The zero-order valence-corrected chi connectivity index (χ0v) is 14.8. The number of amides is 1. The topological polar surface area (TPSA) is 58.1 Å². The molecule has 1 saturated heterocycles. The molecule has 1 fully saturated rings. The highest BCUT2D eigenvalue weighted by Gasteiger charge is 2.33. The Morgan fingerprint density at radius 2 is 1.88 bits per heavy atom. The van der Waals surface area contributed by atoms with Gasteiger partial charge in [-0.05, 0) is 37.5 Å². The molecule has 132 valence electrons. The number of aromatic nitrogens is 2. The molecule has 3 aromatic rings. The largest absolute Gasteiger partial charge is 0.348 e. The smallest absolute Gasteiger partial charge is 0.243 e. The van der Waals surface area contributed by atoms with Gasteiger partial charge in [-0.2, -0.15) is 0 Å². The Kier molecular flexibility index (Phi) is 4.52. The average molecular weight is 346 g/mol. The molecule has 0 saturated carbocycles. The van der Waals surface area contributed by atoms with Gasteiger partial charge in [-0.15, -0.1) is 0 Å². The number of nitrogens with one attached hydrogen (secondary N) is 1. The molecule has 0 aliphatic carbocycles. The molecule has 1 N–H and O–H groups in total. The Labute approximate surface area is 153 Å². The Hall–Kier alpha value is -2.95. The number of hydrogen-bond donors (Lipinski definition) is 1. The van der Waals surface area contributed by atoms with Crippen LogP contribution in [0.25, 0.3) is 10.9 Å². The van der Waals surface area contributed by atoms with E-state index in [-0.39, 0.29) is 18.0 Å². The van der Waals surface area contributed by atoms with Crippen molar-refractivity contribution in [3.8, 4) is 0 Å². The van der Waals surface area contributed by atoms with E-state index < -0.39 is 0 Å². The van der Waals surface area contributed by atoms with Gasteiger partial charge in [0.05, 0.1) is 11.6 Å². The van der Waals surface area contributed by atoms with Crippen LogP contribution in [0, 0.1) is 0 Å². The van der Waals surface area contributed by atoms with Gasteiger partial charge in [-0.1, -0.05) is 42.5 Å². The maximum Gasteiger partial charge on any atom is 0.243 e. The number of hydrogen-bond acceptors (Lipinski definition) is 4. The van der Waals surface area contributed by atoms with Crippen molar-refractivity contribution in [2.75, 3.05) is 11.4 Å². The predicted molar refractivity (Wildman–Crippen MR) is 103 cm³/mol. The van der Waals surface area contributed by atoms with Crippen LogP contribution in [-0.4, -0.2) is 28.5 Å². The molecule has 2 heterocycles. The number of carbonyl (C=O) groups is 1. The second kappa shape index (κ2) is 7.12. The zero-order valence-electron chi connectivity index (χ0n) is 14.8. The van der Waals surface area contributed by atoms with Crippen LogP contribution in [0.5, 0.6) is 0 Å². The van der Waals surface area contributed by atoms with Crippen LogP contribution < -0.4 is 10.2 Å². The van der Waals surface area contributed by atoms with E-state index in [1.54, 1.807) is 6.33 Å². The molecule has 1 aliphatic heterocycles. The minimum absolute atomic E-state index is 0.0201. The first-order valence-electron chi connectivity index (χ1n) is 9.06. The number of fused-ring (bicyclic) bond motifs is 1. The molecule has 0 spiro atoms. The lowest BCUT2D eigenvalue weighted by Crippen LogP contribution is -2.44. The van der Waals surface area contributed by atoms with Crippen molar-refractivity contribution < 1.29 is 4.79 Å². The Morgan fingerprint density at radius 3 is 2.73 bits per heavy atom. The fourth-order valence-corrected chi connectivity index (χ4v) is 3.65. The standard InChI is InChI=1S/C21H22N4O/c1-15(16-8-3-2-4-9-16)24-21(26)19-12-7-13-25(19)20-17-10-5-6-11-18(17)22-14-23-20/h2-6,8-11,14-15,19H,7,12-13H2,1H3,(H,24,26). The fourth-order valence-electron chi connectivity index (χ4n) is 3.65. The molecule has 0 radical (unpaired) electrons. The van der Waals surface area contributed by atoms with Gasteiger partial charge in [0.25, 0.3) is 0 Å². The molecule has 5 heteroatoms. The van der Waals surface area contributed by atoms with Crippen LogP contribution in [0.1, 0.15) is 31.4 Å². The summed E-state index contributed by atoms with van der Waals surface area (Å²) in [7, 11) is 0. The number of nitrogens with zero attached hydrogens (tertiary/aromatic N) is 3. The first kappa shape index (κ1) is 16.5. The summed E-state index contributed by atoms with van der Waals surface area (Å²) in [6, 6.07) is 17.8. The molecule has 1 amide bonds. The molecule has 26 heavy (non-hydrogen) atoms. The maximum atomic E-state index is 13.0. The van der Waals surface area contributed by atoms with Crippen molar-refractivity contribution in [3.05, 3.63) is 66.5 Å². The molecule has 2 aromatic carbocycles. The van der Waals surface area contributed by atoms with Gasteiger partial charge in [0, 0.05) is 11.9 Å². The minimum Gasteiger partial charge on any atom is -0.348 e. The normalized spacial score (nSPS) is 18.0. The van der Waals surface area contributed by atoms with Crippen LogP contribution in [-0.2, 0) is 4.79 Å². The second-order valence-corrected chi connectivity index (χ2v) is 6.71. The van der Waals surface area contributed by atoms with Crippen molar-refractivity contribution >= 4 is 22.6 Å². The van der Waals surface area contributed by atoms with E-state index >= 15 is 0 Å². The van der Waals surface area contributed by atoms with E-state index in [4.69, 9.17) is 0 Å². The lowest BCUT2D eigenvalue weighted by atomic mass is 10.1. The van der Waals surface area contributed by atoms with Gasteiger partial charge in [-0.3, -0.25) is 4.79 Å². The van der Waals surface area contributed by atoms with Crippen LogP contribution >= 0.6 is 0 Å². The van der Waals surface area contributed by atoms with Crippen molar-refractivity contribution in [2.24, 2.45) is 0 Å². The van der Waals surface area contributed by atoms with Crippen molar-refractivity contribution in [3.63, 3.8) is 0 Å². The molecule has 1 aromatic heterocycles. The first-order valence-corrected chi connectivity index (χ1v) is 9.06. The Morgan fingerprint density at radius 1 is 1.12 bits per heavy atom. The number of carbonyl (C=O) groups excluding carboxylic acids is 1. The zero-order chi connectivity index (χ0) is 17.9. The summed E-state index contributed by atoms with van der Waals surface area (Å²) in [6.07, 6.45) is 3.40. The molecule has 2 unspecified atom stereocenters. The molecule has 4 rings (SSSR count). The van der Waals surface area contributed by atoms with E-state index in [0.29, 0.717) is 0 Å². The fraction of sp³-hybridized carbons (Fsp3) is 0.286. The number of para-hydroxylation sites is 1. The van der Waals surface area contributed by atoms with Crippen molar-refractivity contribution in [1.82, 2.24) is 15.3 Å². The van der Waals surface area contributed by atoms with Crippen LogP contribution in [0.3, 0.4) is 0 Å². The molecule has 0 bridgehead atoms. The third kappa shape index (κ3) is 3.12. The summed E-state index contributed by atoms with van der Waals surface area (Å²) in [6.45, 7) is 2.85. The highest BCUT2D eigenvalue weighted by atomic mass is 16.2. The first-order chi connectivity index (χ1) is 12.7. The van der Waals surface area contributed by atoms with Crippen LogP contribution in [0.2, 0.25) is 0 Å². The Bertz CT molecular complexity index is 907. The summed E-state index contributed by atoms with van der Waals surface area (Å²) in [5.41, 5.74) is 2.01. The van der Waals surface area contributed by atoms with Crippen LogP contribution in [0.4, 0.5) is 5.82 Å². The van der Waals surface area contributed by atoms with Gasteiger partial charge in [0.1, 0.15) is 18.2 Å². The SMILES string of the molecule is CC(NC(=O)C1CCCN1c1ncnc2ccccc12)c1ccccc1. The summed E-state index contributed by atoms with van der Waals surface area (Å²) in [5, 5.41) is 4.15. The highest BCUT2D eigenvalue weighted by molar-refractivity contribution is 5.93. The van der Waals surface area contributed by atoms with Gasteiger partial charge in [0.15, 0.2) is 0 Å². The van der Waals surface area contributed by atoms with Gasteiger partial charge in [0.2, 0.25) is 5.91 Å². The third-order valence-corrected chi connectivity index (χ3v) is 5.01. The quantitative estimate of drug-likeness (QED) is 0.786. The van der Waals surface area contributed by atoms with E-state index in [2.05, 4.69) is 20.2 Å². The summed E-state index contributed by atoms with van der Waals surface area (Å²) in [5.74, 6) is 0.905. The molecule has 1 aliphatic rings. The van der Waals surface area contributed by atoms with Gasteiger partial charge < -0.3 is 10.2 Å². The van der Waals surface area contributed by atoms with E-state index in [1.165, 1.54) is 0 Å². The van der Waals surface area contributed by atoms with Crippen molar-refractivity contribution in [2.45, 2.75) is 31.8 Å². The lowest BCUT2D eigenvalue weighted by Gasteiger charge is -2.27. The molecular formula is C21H22N4O. The molecular weight excluding hydrogens is 324 g/mol. The van der Waals surface area contributed by atoms with Gasteiger partial charge >= 0.3 is 0 Å². The van der Waals surface area contributed by atoms with E-state index in [1.807, 2.05) is 61.5 Å². The number of benzene rings is 2. The van der Waals surface area contributed by atoms with Crippen molar-refractivity contribution in [1.29, 1.82) is 0 Å². The summed E-state index contributed by atoms with van der Waals surface area (Å²) >= 11 is 0. The lowest BCUT2D eigenvalue weighted by molar-refractivity contribution is -0.122. The monoisotopic (exact) mass is 346 g/mol.